The highest BCUT2D eigenvalue weighted by molar-refractivity contribution is 6.07. The van der Waals surface area contributed by atoms with Gasteiger partial charge in [-0.1, -0.05) is 66.7 Å². The number of nitrogens with one attached hydrogen (secondary N) is 1. The van der Waals surface area contributed by atoms with Gasteiger partial charge in [-0.25, -0.2) is 0 Å². The lowest BCUT2D eigenvalue weighted by molar-refractivity contribution is -0.120. The van der Waals surface area contributed by atoms with Crippen LogP contribution < -0.4 is 10.2 Å². The SMILES string of the molecule is Cc1ccccc1C(=O)N(Cc1ccccc1)c1ccc(CC(=O)NCc2ccccn2)cc1. The molecule has 4 rings (SSSR count). The van der Waals surface area contributed by atoms with Gasteiger partial charge in [0, 0.05) is 17.4 Å². The minimum atomic E-state index is -0.0736. The Morgan fingerprint density at radius 2 is 1.50 bits per heavy atom. The molecule has 170 valence electrons. The maximum Gasteiger partial charge on any atom is 0.258 e. The first-order valence-corrected chi connectivity index (χ1v) is 11.3. The first kappa shape index (κ1) is 22.9. The smallest absolute Gasteiger partial charge is 0.258 e. The van der Waals surface area contributed by atoms with Gasteiger partial charge < -0.3 is 10.2 Å². The second-order valence-electron chi connectivity index (χ2n) is 8.13. The molecule has 1 heterocycles. The number of aryl methyl sites for hydroxylation is 1. The highest BCUT2D eigenvalue weighted by atomic mass is 16.2. The number of nitrogens with zero attached hydrogens (tertiary/aromatic N) is 2. The van der Waals surface area contributed by atoms with Crippen LogP contribution in [-0.2, 0) is 24.3 Å². The molecule has 2 amide bonds. The van der Waals surface area contributed by atoms with Gasteiger partial charge in [-0.2, -0.15) is 0 Å². The Labute approximate surface area is 200 Å². The Morgan fingerprint density at radius 1 is 0.794 bits per heavy atom. The van der Waals surface area contributed by atoms with Gasteiger partial charge in [-0.15, -0.1) is 0 Å². The molecule has 1 N–H and O–H groups in total. The maximum absolute atomic E-state index is 13.5. The maximum atomic E-state index is 13.5. The lowest BCUT2D eigenvalue weighted by Gasteiger charge is -2.24. The van der Waals surface area contributed by atoms with Crippen LogP contribution in [0.3, 0.4) is 0 Å². The Kier molecular flexibility index (Phi) is 7.45. The molecule has 0 bridgehead atoms. The minimum absolute atomic E-state index is 0.0530. The number of hydrogen-bond donors (Lipinski definition) is 1. The molecule has 34 heavy (non-hydrogen) atoms. The van der Waals surface area contributed by atoms with Crippen molar-refractivity contribution in [2.45, 2.75) is 26.4 Å². The van der Waals surface area contributed by atoms with Gasteiger partial charge in [0.05, 0.1) is 25.2 Å². The second kappa shape index (κ2) is 11.1. The van der Waals surface area contributed by atoms with Crippen molar-refractivity contribution in [1.82, 2.24) is 10.3 Å². The zero-order chi connectivity index (χ0) is 23.8. The molecule has 0 saturated heterocycles. The molecule has 0 unspecified atom stereocenters. The molecule has 0 aliphatic carbocycles. The molecule has 1 aromatic heterocycles. The summed E-state index contributed by atoms with van der Waals surface area (Å²) in [5, 5.41) is 2.90. The van der Waals surface area contributed by atoms with Crippen LogP contribution in [0.5, 0.6) is 0 Å². The summed E-state index contributed by atoms with van der Waals surface area (Å²) in [5.74, 6) is -0.127. The summed E-state index contributed by atoms with van der Waals surface area (Å²) in [6, 6.07) is 30.8. The van der Waals surface area contributed by atoms with E-state index in [1.807, 2.05) is 104 Å². The van der Waals surface area contributed by atoms with Crippen LogP contribution in [0.15, 0.2) is 103 Å². The number of benzene rings is 3. The summed E-state index contributed by atoms with van der Waals surface area (Å²) in [7, 11) is 0. The number of anilines is 1. The van der Waals surface area contributed by atoms with Gasteiger partial charge in [-0.05, 0) is 53.9 Å². The van der Waals surface area contributed by atoms with E-state index < -0.39 is 0 Å². The van der Waals surface area contributed by atoms with E-state index in [9.17, 15) is 9.59 Å². The third kappa shape index (κ3) is 5.95. The normalized spacial score (nSPS) is 10.5. The van der Waals surface area contributed by atoms with Crippen molar-refractivity contribution in [2.75, 3.05) is 4.90 Å². The van der Waals surface area contributed by atoms with E-state index in [0.29, 0.717) is 18.7 Å². The van der Waals surface area contributed by atoms with E-state index in [2.05, 4.69) is 10.3 Å². The van der Waals surface area contributed by atoms with Crippen LogP contribution in [0.1, 0.15) is 32.7 Å². The van der Waals surface area contributed by atoms with Gasteiger partial charge >= 0.3 is 0 Å². The quantitative estimate of drug-likeness (QED) is 0.407. The van der Waals surface area contributed by atoms with Crippen molar-refractivity contribution in [3.05, 3.63) is 131 Å². The third-order valence-corrected chi connectivity index (χ3v) is 5.61. The van der Waals surface area contributed by atoms with E-state index >= 15 is 0 Å². The fourth-order valence-electron chi connectivity index (χ4n) is 3.74. The molecule has 0 aliphatic heterocycles. The van der Waals surface area contributed by atoms with Gasteiger partial charge in [-0.3, -0.25) is 14.6 Å². The van der Waals surface area contributed by atoms with Crippen LogP contribution in [0, 0.1) is 6.92 Å². The molecule has 0 atom stereocenters. The summed E-state index contributed by atoms with van der Waals surface area (Å²) in [5.41, 5.74) is 5.14. The van der Waals surface area contributed by atoms with Crippen LogP contribution in [0.25, 0.3) is 0 Å². The predicted octanol–water partition coefficient (Wildman–Crippen LogP) is 5.10. The number of amides is 2. The molecule has 4 aromatic rings. The van der Waals surface area contributed by atoms with Crippen molar-refractivity contribution in [3.63, 3.8) is 0 Å². The van der Waals surface area contributed by atoms with Crippen molar-refractivity contribution >= 4 is 17.5 Å². The fourth-order valence-corrected chi connectivity index (χ4v) is 3.74. The van der Waals surface area contributed by atoms with Crippen molar-refractivity contribution < 1.29 is 9.59 Å². The van der Waals surface area contributed by atoms with E-state index in [1.54, 1.807) is 11.1 Å². The van der Waals surface area contributed by atoms with Crippen LogP contribution in [-0.4, -0.2) is 16.8 Å². The Balaban J connectivity index is 1.49. The summed E-state index contributed by atoms with van der Waals surface area (Å²) < 4.78 is 0. The first-order chi connectivity index (χ1) is 16.6. The lowest BCUT2D eigenvalue weighted by atomic mass is 10.1. The Bertz CT molecular complexity index is 1240. The lowest BCUT2D eigenvalue weighted by Crippen LogP contribution is -2.31. The Hall–Kier alpha value is -4.25. The molecule has 3 aromatic carbocycles. The first-order valence-electron chi connectivity index (χ1n) is 11.3. The number of pyridine rings is 1. The topological polar surface area (TPSA) is 62.3 Å². The fraction of sp³-hybridized carbons (Fsp3) is 0.138. The Morgan fingerprint density at radius 3 is 2.21 bits per heavy atom. The molecule has 0 aliphatic rings. The summed E-state index contributed by atoms with van der Waals surface area (Å²) >= 11 is 0. The van der Waals surface area contributed by atoms with E-state index in [4.69, 9.17) is 0 Å². The molecule has 0 fully saturated rings. The summed E-state index contributed by atoms with van der Waals surface area (Å²) in [4.78, 5) is 31.9. The number of carbonyl (C=O) groups is 2. The van der Waals surface area contributed by atoms with E-state index in [1.165, 1.54) is 0 Å². The number of carbonyl (C=O) groups excluding carboxylic acids is 2. The molecular formula is C29H27N3O2. The van der Waals surface area contributed by atoms with Gasteiger partial charge in [0.1, 0.15) is 0 Å². The predicted molar refractivity (Wildman–Crippen MR) is 134 cm³/mol. The van der Waals surface area contributed by atoms with Crippen LogP contribution in [0.4, 0.5) is 5.69 Å². The molecule has 5 nitrogen and oxygen atoms in total. The average molecular weight is 450 g/mol. The number of hydrogen-bond acceptors (Lipinski definition) is 3. The largest absolute Gasteiger partial charge is 0.350 e. The van der Waals surface area contributed by atoms with Crippen molar-refractivity contribution in [1.29, 1.82) is 0 Å². The monoisotopic (exact) mass is 449 g/mol. The number of aromatic nitrogens is 1. The average Bonchev–Trinajstić information content (AvgIpc) is 2.88. The second-order valence-corrected chi connectivity index (χ2v) is 8.13. The van der Waals surface area contributed by atoms with E-state index in [0.717, 1.165) is 28.1 Å². The van der Waals surface area contributed by atoms with Crippen LogP contribution in [0.2, 0.25) is 0 Å². The molecular weight excluding hydrogens is 422 g/mol. The van der Waals surface area contributed by atoms with Gasteiger partial charge in [0.25, 0.3) is 5.91 Å². The molecule has 0 radical (unpaired) electrons. The minimum Gasteiger partial charge on any atom is -0.350 e. The molecule has 0 spiro atoms. The van der Waals surface area contributed by atoms with E-state index in [-0.39, 0.29) is 18.2 Å². The van der Waals surface area contributed by atoms with Crippen LogP contribution >= 0.6 is 0 Å². The molecule has 0 saturated carbocycles. The summed E-state index contributed by atoms with van der Waals surface area (Å²) in [6.45, 7) is 2.80. The molecule has 5 heteroatoms. The third-order valence-electron chi connectivity index (χ3n) is 5.61. The highest BCUT2D eigenvalue weighted by Crippen LogP contribution is 2.22. The van der Waals surface area contributed by atoms with Gasteiger partial charge in [0.15, 0.2) is 0 Å². The number of rotatable bonds is 8. The highest BCUT2D eigenvalue weighted by Gasteiger charge is 2.20. The van der Waals surface area contributed by atoms with Crippen molar-refractivity contribution in [2.24, 2.45) is 0 Å². The van der Waals surface area contributed by atoms with Gasteiger partial charge in [0.2, 0.25) is 5.91 Å². The summed E-state index contributed by atoms with van der Waals surface area (Å²) in [6.07, 6.45) is 1.97. The zero-order valence-corrected chi connectivity index (χ0v) is 19.1. The zero-order valence-electron chi connectivity index (χ0n) is 19.1. The van der Waals surface area contributed by atoms with Crippen molar-refractivity contribution in [3.8, 4) is 0 Å². The standard InChI is InChI=1S/C29H27N3O2/c1-22-9-5-6-13-27(22)29(34)32(21-24-10-3-2-4-11-24)26-16-14-23(15-17-26)19-28(33)31-20-25-12-7-8-18-30-25/h2-18H,19-21H2,1H3,(H,31,33).